The average molecular weight is 680 g/mol. The summed E-state index contributed by atoms with van der Waals surface area (Å²) in [5.41, 5.74) is 1.42. The van der Waals surface area contributed by atoms with Crippen molar-refractivity contribution >= 4 is 35.8 Å². The molecule has 258 valence electrons. The smallest absolute Gasteiger partial charge is 0.653 e. The first kappa shape index (κ1) is 39.6. The fourth-order valence-electron chi connectivity index (χ4n) is 5.86. The fourth-order valence-corrected chi connectivity index (χ4v) is 5.86. The first-order chi connectivity index (χ1) is 22.3. The van der Waals surface area contributed by atoms with Gasteiger partial charge < -0.3 is 44.4 Å². The molecular weight excluding hydrogens is 633 g/mol. The molecule has 1 saturated heterocycles. The summed E-state index contributed by atoms with van der Waals surface area (Å²) >= 11 is 0. The Kier molecular flexibility index (Phi) is 14.2. The van der Waals surface area contributed by atoms with Crippen LogP contribution in [0.2, 0.25) is 0 Å². The molecule has 4 unspecified atom stereocenters. The quantitative estimate of drug-likeness (QED) is 0.0930. The molecule has 4 atom stereocenters. The van der Waals surface area contributed by atoms with Crippen molar-refractivity contribution in [3.8, 4) is 0 Å². The van der Waals surface area contributed by atoms with Crippen LogP contribution in [-0.4, -0.2) is 85.7 Å². The van der Waals surface area contributed by atoms with Gasteiger partial charge in [0.05, 0.1) is 19.3 Å². The zero-order valence-electron chi connectivity index (χ0n) is 28.9. The van der Waals surface area contributed by atoms with Crippen molar-refractivity contribution in [2.24, 2.45) is 0 Å². The van der Waals surface area contributed by atoms with Crippen molar-refractivity contribution in [1.29, 1.82) is 0 Å². The SMILES string of the molecule is CC(C)NC(=O)C(CCO[C-]=O)NC(=O)C(CCC(=O)OCC1COC2(O1)C(=O)C1=C(OC(C)(C)CC1)c1ccccc12)NC(C)C.[Na+]. The van der Waals surface area contributed by atoms with Gasteiger partial charge >= 0.3 is 35.5 Å². The molecule has 1 aliphatic carbocycles. The Bertz CT molecular complexity index is 1380. The summed E-state index contributed by atoms with van der Waals surface area (Å²) in [7, 11) is 0. The van der Waals surface area contributed by atoms with Gasteiger partial charge in [0.2, 0.25) is 17.6 Å². The molecular formula is C34H46N3NaO10. The summed E-state index contributed by atoms with van der Waals surface area (Å²) in [5.74, 6) is -2.87. The molecule has 14 heteroatoms. The topological polar surface area (TPSA) is 168 Å². The fraction of sp³-hybridized carbons (Fsp3) is 0.618. The van der Waals surface area contributed by atoms with Gasteiger partial charge in [-0.3, -0.25) is 19.2 Å². The number of amides is 2. The Morgan fingerprint density at radius 3 is 2.42 bits per heavy atom. The second-order valence-electron chi connectivity index (χ2n) is 13.3. The van der Waals surface area contributed by atoms with E-state index in [1.54, 1.807) is 19.9 Å². The van der Waals surface area contributed by atoms with E-state index in [-0.39, 0.29) is 86.5 Å². The van der Waals surface area contributed by atoms with Gasteiger partial charge in [-0.05, 0) is 47.0 Å². The number of ether oxygens (including phenoxy) is 5. The van der Waals surface area contributed by atoms with Gasteiger partial charge in [-0.15, -0.1) is 0 Å². The van der Waals surface area contributed by atoms with E-state index >= 15 is 0 Å². The first-order valence-corrected chi connectivity index (χ1v) is 16.2. The van der Waals surface area contributed by atoms with E-state index in [4.69, 9.17) is 18.9 Å². The molecule has 3 N–H and O–H groups in total. The van der Waals surface area contributed by atoms with Gasteiger partial charge in [0.1, 0.15) is 30.1 Å². The van der Waals surface area contributed by atoms with Crippen molar-refractivity contribution in [2.45, 2.75) is 115 Å². The van der Waals surface area contributed by atoms with Gasteiger partial charge in [-0.25, -0.2) is 0 Å². The molecule has 1 fully saturated rings. The third-order valence-electron chi connectivity index (χ3n) is 8.08. The van der Waals surface area contributed by atoms with Gasteiger partial charge in [0.25, 0.3) is 5.79 Å². The van der Waals surface area contributed by atoms with E-state index in [1.807, 2.05) is 45.9 Å². The van der Waals surface area contributed by atoms with Crippen LogP contribution in [0, 0.1) is 0 Å². The predicted octanol–water partition coefficient (Wildman–Crippen LogP) is -0.685. The van der Waals surface area contributed by atoms with Crippen LogP contribution in [0.15, 0.2) is 29.8 Å². The van der Waals surface area contributed by atoms with E-state index in [0.29, 0.717) is 29.7 Å². The van der Waals surface area contributed by atoms with Gasteiger partial charge in [0, 0.05) is 41.6 Å². The normalized spacial score (nSPS) is 22.2. The summed E-state index contributed by atoms with van der Waals surface area (Å²) in [4.78, 5) is 63.0. The molecule has 13 nitrogen and oxygen atoms in total. The average Bonchev–Trinajstić information content (AvgIpc) is 3.44. The first-order valence-electron chi connectivity index (χ1n) is 16.2. The Morgan fingerprint density at radius 2 is 1.73 bits per heavy atom. The molecule has 0 bridgehead atoms. The number of hydrogen-bond donors (Lipinski definition) is 3. The number of hydrogen-bond acceptors (Lipinski definition) is 11. The number of esters is 1. The maximum Gasteiger partial charge on any atom is 1.00 e. The largest absolute Gasteiger partial charge is 1.00 e. The summed E-state index contributed by atoms with van der Waals surface area (Å²) in [5, 5.41) is 8.56. The third kappa shape index (κ3) is 9.66. The molecule has 2 aliphatic heterocycles. The number of fused-ring (bicyclic) bond motifs is 3. The molecule has 0 radical (unpaired) electrons. The standard InChI is InChI=1S/C34H46N3O10.Na/c1-20(2)35-26(32(42)37-27(14-16-43-19-38)31(41)36-21(3)4)11-12-28(39)44-17-22-18-45-34(46-22)25-10-8-7-9-23(25)29-24(30(34)40)13-15-33(5,6)47-29;/h7-10,20-22,26-27,35H,11-18H2,1-6H3,(H,36,41)(H,37,42);/q-1;+1. The molecule has 0 aromatic heterocycles. The number of rotatable bonds is 15. The van der Waals surface area contributed by atoms with Crippen LogP contribution in [0.25, 0.3) is 5.76 Å². The Hall–Kier alpha value is -2.81. The maximum atomic E-state index is 13.8. The molecule has 1 aromatic rings. The predicted molar refractivity (Wildman–Crippen MR) is 169 cm³/mol. The number of ketones is 1. The van der Waals surface area contributed by atoms with E-state index in [2.05, 4.69) is 20.7 Å². The summed E-state index contributed by atoms with van der Waals surface area (Å²) in [6.07, 6.45) is 0.534. The zero-order valence-corrected chi connectivity index (χ0v) is 30.9. The van der Waals surface area contributed by atoms with Gasteiger partial charge in [-0.1, -0.05) is 44.6 Å². The molecule has 1 aromatic carbocycles. The van der Waals surface area contributed by atoms with E-state index in [1.165, 1.54) is 6.47 Å². The van der Waals surface area contributed by atoms with Crippen molar-refractivity contribution in [3.05, 3.63) is 41.0 Å². The third-order valence-corrected chi connectivity index (χ3v) is 8.08. The minimum atomic E-state index is -1.64. The molecule has 1 spiro atoms. The number of benzene rings is 1. The molecule has 3 aliphatic rings. The summed E-state index contributed by atoms with van der Waals surface area (Å²) in [6.45, 7) is 12.4. The van der Waals surface area contributed by atoms with Gasteiger partial charge in [0.15, 0.2) is 0 Å². The minimum Gasteiger partial charge on any atom is -0.653 e. The Labute approximate surface area is 303 Å². The number of carbonyl (C=O) groups excluding carboxylic acids is 5. The molecule has 2 amide bonds. The Morgan fingerprint density at radius 1 is 1.02 bits per heavy atom. The van der Waals surface area contributed by atoms with E-state index in [0.717, 1.165) is 5.56 Å². The van der Waals surface area contributed by atoms with Crippen molar-refractivity contribution in [1.82, 2.24) is 16.0 Å². The molecule has 4 rings (SSSR count). The van der Waals surface area contributed by atoms with E-state index < -0.39 is 47.4 Å². The molecule has 2 heterocycles. The van der Waals surface area contributed by atoms with E-state index in [9.17, 15) is 24.0 Å². The van der Waals surface area contributed by atoms with Crippen LogP contribution >= 0.6 is 0 Å². The summed E-state index contributed by atoms with van der Waals surface area (Å²) in [6, 6.07) is 5.30. The number of carbonyl (C=O) groups is 4. The minimum absolute atomic E-state index is 0. The van der Waals surface area contributed by atoms with Crippen LogP contribution < -0.4 is 45.5 Å². The monoisotopic (exact) mass is 679 g/mol. The van der Waals surface area contributed by atoms with Crippen LogP contribution in [0.4, 0.5) is 0 Å². The number of nitrogens with one attached hydrogen (secondary N) is 3. The summed E-state index contributed by atoms with van der Waals surface area (Å²) < 4.78 is 28.7. The second-order valence-corrected chi connectivity index (χ2v) is 13.3. The van der Waals surface area contributed by atoms with Gasteiger partial charge in [-0.2, -0.15) is 0 Å². The van der Waals surface area contributed by atoms with Crippen molar-refractivity contribution < 1.29 is 77.2 Å². The van der Waals surface area contributed by atoms with Crippen molar-refractivity contribution in [3.63, 3.8) is 0 Å². The maximum absolute atomic E-state index is 13.8. The van der Waals surface area contributed by atoms with Crippen LogP contribution in [0.1, 0.15) is 84.8 Å². The van der Waals surface area contributed by atoms with Crippen LogP contribution in [0.5, 0.6) is 0 Å². The molecule has 48 heavy (non-hydrogen) atoms. The Balaban J connectivity index is 0.00000625. The van der Waals surface area contributed by atoms with Crippen LogP contribution in [0.3, 0.4) is 0 Å². The second kappa shape index (κ2) is 17.2. The van der Waals surface area contributed by atoms with Crippen molar-refractivity contribution in [2.75, 3.05) is 19.8 Å². The zero-order chi connectivity index (χ0) is 34.4. The van der Waals surface area contributed by atoms with Crippen LogP contribution in [-0.2, 0) is 53.4 Å². The molecule has 0 saturated carbocycles. The number of Topliss-reactive ketones (excluding diaryl/α,β-unsaturated/α-hetero) is 1.